The summed E-state index contributed by atoms with van der Waals surface area (Å²) < 4.78 is 41.1. The number of methoxy groups -OCH3 is 1. The summed E-state index contributed by atoms with van der Waals surface area (Å²) in [5, 5.41) is 2.91. The van der Waals surface area contributed by atoms with E-state index in [4.69, 9.17) is 9.47 Å². The zero-order chi connectivity index (χ0) is 24.5. The zero-order valence-corrected chi connectivity index (χ0v) is 19.4. The Balaban J connectivity index is 1.71. The standard InChI is InChI=1S/C25H30F2N2O5/c1-3-4-14-33-22-12-11-18(32-2)15-20(22)28-23(30)17-8-7-13-29(16-17)24(31)19-9-5-6-10-21(19)34-25(26)27/h5-6,9-12,15,17,25H,3-4,7-8,13-14,16H2,1-2H3,(H,28,30). The van der Waals surface area contributed by atoms with E-state index in [1.165, 1.54) is 23.1 Å². The van der Waals surface area contributed by atoms with Gasteiger partial charge in [-0.1, -0.05) is 25.5 Å². The van der Waals surface area contributed by atoms with Gasteiger partial charge in [-0.2, -0.15) is 8.78 Å². The van der Waals surface area contributed by atoms with Crippen LogP contribution in [0.4, 0.5) is 14.5 Å². The van der Waals surface area contributed by atoms with Crippen molar-refractivity contribution in [2.45, 2.75) is 39.2 Å². The molecule has 0 aliphatic carbocycles. The van der Waals surface area contributed by atoms with Gasteiger partial charge in [0, 0.05) is 19.2 Å². The van der Waals surface area contributed by atoms with Crippen LogP contribution in [0, 0.1) is 5.92 Å². The molecule has 0 aromatic heterocycles. The third kappa shape index (κ3) is 6.59. The second kappa shape index (κ2) is 12.2. The first-order valence-corrected chi connectivity index (χ1v) is 11.4. The molecule has 2 aromatic rings. The second-order valence-corrected chi connectivity index (χ2v) is 8.02. The van der Waals surface area contributed by atoms with Crippen molar-refractivity contribution < 1.29 is 32.6 Å². The van der Waals surface area contributed by atoms with Crippen LogP contribution in [0.1, 0.15) is 43.0 Å². The zero-order valence-electron chi connectivity index (χ0n) is 19.4. The third-order valence-electron chi connectivity index (χ3n) is 5.61. The number of carbonyl (C=O) groups is 2. The monoisotopic (exact) mass is 476 g/mol. The largest absolute Gasteiger partial charge is 0.497 e. The van der Waals surface area contributed by atoms with Crippen LogP contribution < -0.4 is 19.5 Å². The molecule has 9 heteroatoms. The second-order valence-electron chi connectivity index (χ2n) is 8.02. The Hall–Kier alpha value is -3.36. The normalized spacial score (nSPS) is 15.7. The lowest BCUT2D eigenvalue weighted by Crippen LogP contribution is -2.44. The molecule has 2 amide bonds. The van der Waals surface area contributed by atoms with Crippen molar-refractivity contribution >= 4 is 17.5 Å². The topological polar surface area (TPSA) is 77.1 Å². The number of unbranched alkanes of at least 4 members (excludes halogenated alkanes) is 1. The molecule has 1 fully saturated rings. The Morgan fingerprint density at radius 2 is 1.97 bits per heavy atom. The molecule has 0 bridgehead atoms. The first-order valence-electron chi connectivity index (χ1n) is 11.4. The molecule has 1 N–H and O–H groups in total. The highest BCUT2D eigenvalue weighted by atomic mass is 19.3. The lowest BCUT2D eigenvalue weighted by atomic mass is 9.96. The first kappa shape index (κ1) is 25.3. The first-order chi connectivity index (χ1) is 16.4. The van der Waals surface area contributed by atoms with Gasteiger partial charge in [0.25, 0.3) is 5.91 Å². The van der Waals surface area contributed by atoms with Gasteiger partial charge in [0.1, 0.15) is 17.2 Å². The van der Waals surface area contributed by atoms with E-state index in [1.54, 1.807) is 31.4 Å². The Bertz CT molecular complexity index is 986. The number of piperidine rings is 1. The summed E-state index contributed by atoms with van der Waals surface area (Å²) in [4.78, 5) is 27.6. The van der Waals surface area contributed by atoms with Gasteiger partial charge >= 0.3 is 6.61 Å². The summed E-state index contributed by atoms with van der Waals surface area (Å²) in [5.41, 5.74) is 0.544. The van der Waals surface area contributed by atoms with Gasteiger partial charge in [-0.25, -0.2) is 0 Å². The number of anilines is 1. The van der Waals surface area contributed by atoms with E-state index in [0.717, 1.165) is 12.8 Å². The number of likely N-dealkylation sites (tertiary alicyclic amines) is 1. The molecule has 0 spiro atoms. The minimum atomic E-state index is -3.04. The maximum atomic E-state index is 13.1. The summed E-state index contributed by atoms with van der Waals surface area (Å²) >= 11 is 0. The molecule has 7 nitrogen and oxygen atoms in total. The fourth-order valence-corrected chi connectivity index (χ4v) is 3.81. The molecule has 0 radical (unpaired) electrons. The molecule has 0 saturated carbocycles. The summed E-state index contributed by atoms with van der Waals surface area (Å²) in [6, 6.07) is 11.1. The smallest absolute Gasteiger partial charge is 0.387 e. The third-order valence-corrected chi connectivity index (χ3v) is 5.61. The van der Waals surface area contributed by atoms with Crippen LogP contribution in [0.5, 0.6) is 17.2 Å². The maximum Gasteiger partial charge on any atom is 0.387 e. The van der Waals surface area contributed by atoms with Crippen molar-refractivity contribution in [3.8, 4) is 17.2 Å². The molecular weight excluding hydrogens is 446 g/mol. The molecule has 184 valence electrons. The van der Waals surface area contributed by atoms with Crippen LogP contribution in [0.2, 0.25) is 0 Å². The highest BCUT2D eigenvalue weighted by Crippen LogP contribution is 2.31. The van der Waals surface area contributed by atoms with Gasteiger partial charge in [0.05, 0.1) is 30.9 Å². The molecule has 2 aromatic carbocycles. The van der Waals surface area contributed by atoms with Gasteiger partial charge in [-0.05, 0) is 43.5 Å². The molecule has 1 unspecified atom stereocenters. The number of alkyl halides is 2. The van der Waals surface area contributed by atoms with E-state index in [9.17, 15) is 18.4 Å². The van der Waals surface area contributed by atoms with E-state index in [-0.39, 0.29) is 23.8 Å². The fourth-order valence-electron chi connectivity index (χ4n) is 3.81. The number of nitrogens with zero attached hydrogens (tertiary/aromatic N) is 1. The molecule has 1 saturated heterocycles. The van der Waals surface area contributed by atoms with Gasteiger partial charge in [-0.15, -0.1) is 0 Å². The van der Waals surface area contributed by atoms with E-state index in [2.05, 4.69) is 17.0 Å². The lowest BCUT2D eigenvalue weighted by Gasteiger charge is -2.32. The quantitative estimate of drug-likeness (QED) is 0.490. The predicted molar refractivity (Wildman–Crippen MR) is 124 cm³/mol. The van der Waals surface area contributed by atoms with Crippen molar-refractivity contribution in [2.24, 2.45) is 5.92 Å². The van der Waals surface area contributed by atoms with Gasteiger partial charge in [-0.3, -0.25) is 9.59 Å². The van der Waals surface area contributed by atoms with E-state index < -0.39 is 18.4 Å². The van der Waals surface area contributed by atoms with Crippen LogP contribution in [-0.4, -0.2) is 50.1 Å². The number of carbonyl (C=O) groups excluding carboxylic acids is 2. The predicted octanol–water partition coefficient (Wildman–Crippen LogP) is 4.97. The number of halogens is 2. The van der Waals surface area contributed by atoms with Crippen LogP contribution >= 0.6 is 0 Å². The van der Waals surface area contributed by atoms with Crippen molar-refractivity contribution in [3.05, 3.63) is 48.0 Å². The number of hydrogen-bond acceptors (Lipinski definition) is 5. The highest BCUT2D eigenvalue weighted by Gasteiger charge is 2.31. The Labute approximate surface area is 198 Å². The lowest BCUT2D eigenvalue weighted by molar-refractivity contribution is -0.121. The summed E-state index contributed by atoms with van der Waals surface area (Å²) in [6.45, 7) is 0.149. The van der Waals surface area contributed by atoms with E-state index in [1.807, 2.05) is 0 Å². The molecule has 1 atom stereocenters. The number of ether oxygens (including phenoxy) is 3. The van der Waals surface area contributed by atoms with Gasteiger partial charge in [0.2, 0.25) is 5.91 Å². The molecule has 1 aliphatic rings. The van der Waals surface area contributed by atoms with Gasteiger partial charge < -0.3 is 24.4 Å². The fraction of sp³-hybridized carbons (Fsp3) is 0.440. The SMILES string of the molecule is CCCCOc1ccc(OC)cc1NC(=O)C1CCCN(C(=O)c2ccccc2OC(F)F)C1. The number of benzene rings is 2. The van der Waals surface area contributed by atoms with E-state index in [0.29, 0.717) is 43.2 Å². The Kier molecular flexibility index (Phi) is 9.07. The summed E-state index contributed by atoms with van der Waals surface area (Å²) in [7, 11) is 1.54. The number of para-hydroxylation sites is 1. The number of hydrogen-bond donors (Lipinski definition) is 1. The summed E-state index contributed by atoms with van der Waals surface area (Å²) in [5.74, 6) is -0.213. The number of rotatable bonds is 10. The highest BCUT2D eigenvalue weighted by molar-refractivity contribution is 5.98. The van der Waals surface area contributed by atoms with Crippen molar-refractivity contribution in [1.29, 1.82) is 0 Å². The molecular formula is C25H30F2N2O5. The van der Waals surface area contributed by atoms with Gasteiger partial charge in [0.15, 0.2) is 0 Å². The molecule has 34 heavy (non-hydrogen) atoms. The minimum Gasteiger partial charge on any atom is -0.497 e. The van der Waals surface area contributed by atoms with E-state index >= 15 is 0 Å². The van der Waals surface area contributed by atoms with Crippen LogP contribution in [0.3, 0.4) is 0 Å². The van der Waals surface area contributed by atoms with Crippen molar-refractivity contribution in [1.82, 2.24) is 4.90 Å². The van der Waals surface area contributed by atoms with Crippen LogP contribution in [-0.2, 0) is 4.79 Å². The molecule has 3 rings (SSSR count). The average Bonchev–Trinajstić information content (AvgIpc) is 2.84. The van der Waals surface area contributed by atoms with Crippen LogP contribution in [0.15, 0.2) is 42.5 Å². The summed E-state index contributed by atoms with van der Waals surface area (Å²) in [6.07, 6.45) is 3.07. The molecule has 1 aliphatic heterocycles. The molecule has 1 heterocycles. The van der Waals surface area contributed by atoms with Crippen molar-refractivity contribution in [3.63, 3.8) is 0 Å². The number of nitrogens with one attached hydrogen (secondary N) is 1. The van der Waals surface area contributed by atoms with Crippen molar-refractivity contribution in [2.75, 3.05) is 32.1 Å². The Morgan fingerprint density at radius 3 is 2.71 bits per heavy atom. The maximum absolute atomic E-state index is 13.1. The average molecular weight is 477 g/mol. The minimum absolute atomic E-state index is 0.0447. The Morgan fingerprint density at radius 1 is 1.18 bits per heavy atom. The van der Waals surface area contributed by atoms with Crippen LogP contribution in [0.25, 0.3) is 0 Å². The number of amides is 2.